The monoisotopic (exact) mass is 585 g/mol. The second-order valence-corrected chi connectivity index (χ2v) is 8.74. The molecule has 0 aliphatic carbocycles. The third-order valence-electron chi connectivity index (χ3n) is 5.25. The summed E-state index contributed by atoms with van der Waals surface area (Å²) in [6.07, 6.45) is -2.78. The van der Waals surface area contributed by atoms with E-state index in [4.69, 9.17) is 15.6 Å². The van der Waals surface area contributed by atoms with Gasteiger partial charge in [0.15, 0.2) is 0 Å². The lowest BCUT2D eigenvalue weighted by Crippen LogP contribution is -2.45. The molecule has 1 aliphatic heterocycles. The molecule has 2 aromatic heterocycles. The zero-order valence-corrected chi connectivity index (χ0v) is 21.5. The van der Waals surface area contributed by atoms with Crippen molar-refractivity contribution < 1.29 is 27.8 Å². The third kappa shape index (κ3) is 7.81. The van der Waals surface area contributed by atoms with Gasteiger partial charge in [-0.15, -0.1) is 0 Å². The number of amides is 1. The zero-order chi connectivity index (χ0) is 27.0. The van der Waals surface area contributed by atoms with Crippen molar-refractivity contribution in [3.8, 4) is 17.0 Å². The summed E-state index contributed by atoms with van der Waals surface area (Å²) in [4.78, 5) is 15.5. The van der Waals surface area contributed by atoms with Crippen molar-refractivity contribution in [2.75, 3.05) is 44.6 Å². The van der Waals surface area contributed by atoms with Crippen molar-refractivity contribution in [3.05, 3.63) is 52.8 Å². The maximum atomic E-state index is 12.7. The van der Waals surface area contributed by atoms with Crippen molar-refractivity contribution in [2.24, 2.45) is 12.8 Å². The van der Waals surface area contributed by atoms with Crippen LogP contribution in [-0.4, -0.2) is 70.2 Å². The Labute approximate surface area is 219 Å². The molecule has 4 rings (SSSR count). The van der Waals surface area contributed by atoms with Crippen LogP contribution in [0.3, 0.4) is 0 Å². The quantitative estimate of drug-likeness (QED) is 0.342. The van der Waals surface area contributed by atoms with Gasteiger partial charge in [-0.25, -0.2) is 9.78 Å². The van der Waals surface area contributed by atoms with E-state index < -0.39 is 17.8 Å². The number of rotatable bonds is 6. The van der Waals surface area contributed by atoms with Crippen LogP contribution >= 0.6 is 15.9 Å². The Balaban J connectivity index is 0.000000356. The van der Waals surface area contributed by atoms with E-state index in [1.165, 1.54) is 11.0 Å². The second kappa shape index (κ2) is 12.7. The Morgan fingerprint density at radius 3 is 2.49 bits per heavy atom. The van der Waals surface area contributed by atoms with E-state index in [-0.39, 0.29) is 0 Å². The first-order chi connectivity index (χ1) is 17.6. The number of ether oxygens (including phenoxy) is 1. The summed E-state index contributed by atoms with van der Waals surface area (Å²) in [5.41, 5.74) is 6.89. The zero-order valence-electron chi connectivity index (χ0n) is 19.9. The highest BCUT2D eigenvalue weighted by Gasteiger charge is 2.30. The molecule has 0 bridgehead atoms. The summed E-state index contributed by atoms with van der Waals surface area (Å²) in [6, 6.07) is 7.58. The largest absolute Gasteiger partial charge is 0.492 e. The number of piperazine rings is 1. The van der Waals surface area contributed by atoms with Crippen LogP contribution in [0.2, 0.25) is 0 Å². The molecule has 1 aromatic carbocycles. The van der Waals surface area contributed by atoms with Crippen molar-refractivity contribution >= 4 is 33.5 Å². The van der Waals surface area contributed by atoms with Gasteiger partial charge in [-0.3, -0.25) is 4.68 Å². The van der Waals surface area contributed by atoms with Crippen LogP contribution in [-0.2, 0) is 13.2 Å². The summed E-state index contributed by atoms with van der Waals surface area (Å²) >= 11 is 3.47. The van der Waals surface area contributed by atoms with Gasteiger partial charge in [-0.1, -0.05) is 0 Å². The van der Waals surface area contributed by atoms with Gasteiger partial charge in [0, 0.05) is 57.2 Å². The molecule has 1 saturated heterocycles. The van der Waals surface area contributed by atoms with Crippen LogP contribution in [0.4, 0.5) is 29.5 Å². The fourth-order valence-corrected chi connectivity index (χ4v) is 4.00. The minimum atomic E-state index is -4.42. The molecule has 3 aromatic rings. The van der Waals surface area contributed by atoms with E-state index in [9.17, 15) is 18.0 Å². The first kappa shape index (κ1) is 28.2. The Morgan fingerprint density at radius 1 is 1.24 bits per heavy atom. The third-order valence-corrected chi connectivity index (χ3v) is 5.84. The number of aromatic nitrogens is 3. The summed E-state index contributed by atoms with van der Waals surface area (Å²) in [5, 5.41) is 18.7. The molecule has 0 saturated carbocycles. The lowest BCUT2D eigenvalue weighted by atomic mass is 10.1. The van der Waals surface area contributed by atoms with Gasteiger partial charge in [0.1, 0.15) is 18.2 Å². The van der Waals surface area contributed by atoms with Crippen molar-refractivity contribution in [3.63, 3.8) is 0 Å². The number of nitrogens with zero attached hydrogens (tertiary/aromatic N) is 4. The van der Waals surface area contributed by atoms with E-state index >= 15 is 0 Å². The number of pyridine rings is 1. The van der Waals surface area contributed by atoms with Gasteiger partial charge in [0.25, 0.3) is 0 Å². The number of alkyl halides is 3. The Bertz CT molecular complexity index is 1160. The summed E-state index contributed by atoms with van der Waals surface area (Å²) in [7, 11) is 1.80. The van der Waals surface area contributed by atoms with Crippen molar-refractivity contribution in [1.29, 1.82) is 0 Å². The molecule has 1 fully saturated rings. The molecule has 0 unspecified atom stereocenters. The number of benzene rings is 1. The minimum Gasteiger partial charge on any atom is -0.492 e. The highest BCUT2D eigenvalue weighted by Crippen LogP contribution is 2.37. The van der Waals surface area contributed by atoms with Crippen LogP contribution in [0.5, 0.6) is 5.75 Å². The molecule has 5 N–H and O–H groups in total. The average Bonchev–Trinajstić information content (AvgIpc) is 3.21. The maximum Gasteiger partial charge on any atom is 0.417 e. The molecule has 200 valence electrons. The van der Waals surface area contributed by atoms with Crippen LogP contribution in [0, 0.1) is 0 Å². The lowest BCUT2D eigenvalue weighted by molar-refractivity contribution is -0.137. The number of hydrogen-bond acceptors (Lipinski definition) is 7. The normalized spacial score (nSPS) is 13.5. The lowest BCUT2D eigenvalue weighted by Gasteiger charge is -2.23. The standard InChI is InChI=1S/C18H17BrF3N5O.C5H10N2O2/c1-27-17(14(19)10-25-27)13-8-12(3-4-15(13)28-7-6-23)26-16-5-2-11(9-24-16)18(20,21)22;8-5(9)7-3-1-6-2-4-7/h2-5,8-10H,6-7,23H2,1H3,(H,24,26);6H,1-4H2,(H,8,9). The van der Waals surface area contributed by atoms with Gasteiger partial charge in [0.2, 0.25) is 0 Å². The van der Waals surface area contributed by atoms with E-state index in [2.05, 4.69) is 36.6 Å². The number of carbonyl (C=O) groups is 1. The van der Waals surface area contributed by atoms with E-state index in [0.29, 0.717) is 43.5 Å². The van der Waals surface area contributed by atoms with Gasteiger partial charge in [-0.2, -0.15) is 18.3 Å². The maximum absolute atomic E-state index is 12.7. The summed E-state index contributed by atoms with van der Waals surface area (Å²) < 4.78 is 46.2. The minimum absolute atomic E-state index is 0.290. The highest BCUT2D eigenvalue weighted by atomic mass is 79.9. The number of halogens is 4. The number of anilines is 2. The predicted molar refractivity (Wildman–Crippen MR) is 136 cm³/mol. The van der Waals surface area contributed by atoms with Gasteiger partial charge >= 0.3 is 12.3 Å². The predicted octanol–water partition coefficient (Wildman–Crippen LogP) is 3.91. The van der Waals surface area contributed by atoms with E-state index in [1.807, 2.05) is 6.07 Å². The molecule has 10 nitrogen and oxygen atoms in total. The Hall–Kier alpha value is -3.36. The number of hydrogen-bond donors (Lipinski definition) is 4. The molecule has 3 heterocycles. The van der Waals surface area contributed by atoms with E-state index in [0.717, 1.165) is 41.1 Å². The Morgan fingerprint density at radius 2 is 1.97 bits per heavy atom. The SMILES string of the molecule is Cn1ncc(Br)c1-c1cc(Nc2ccc(C(F)(F)F)cn2)ccc1OCCN.O=C(O)N1CCNCC1. The average molecular weight is 586 g/mol. The fourth-order valence-electron chi connectivity index (χ4n) is 3.44. The molecule has 0 atom stereocenters. The van der Waals surface area contributed by atoms with Gasteiger partial charge < -0.3 is 31.1 Å². The topological polar surface area (TPSA) is 131 Å². The number of carboxylic acid groups (broad SMARTS) is 1. The molecule has 0 radical (unpaired) electrons. The molecule has 1 aliphatic rings. The van der Waals surface area contributed by atoms with Crippen LogP contribution in [0.15, 0.2) is 47.2 Å². The van der Waals surface area contributed by atoms with Crippen LogP contribution < -0.4 is 21.1 Å². The van der Waals surface area contributed by atoms with Gasteiger partial charge in [-0.05, 0) is 46.3 Å². The first-order valence-electron chi connectivity index (χ1n) is 11.2. The molecule has 1 amide bonds. The summed E-state index contributed by atoms with van der Waals surface area (Å²) in [5.74, 6) is 0.902. The van der Waals surface area contributed by atoms with Crippen molar-refractivity contribution in [1.82, 2.24) is 25.0 Å². The van der Waals surface area contributed by atoms with Crippen LogP contribution in [0.25, 0.3) is 11.3 Å². The van der Waals surface area contributed by atoms with Gasteiger partial charge in [0.05, 0.1) is 21.9 Å². The van der Waals surface area contributed by atoms with E-state index in [1.54, 1.807) is 30.1 Å². The first-order valence-corrected chi connectivity index (χ1v) is 12.0. The smallest absolute Gasteiger partial charge is 0.417 e. The highest BCUT2D eigenvalue weighted by molar-refractivity contribution is 9.10. The summed E-state index contributed by atoms with van der Waals surface area (Å²) in [6.45, 7) is 3.51. The molecule has 0 spiro atoms. The number of nitrogens with one attached hydrogen (secondary N) is 2. The Kier molecular flexibility index (Phi) is 9.72. The molecule has 14 heteroatoms. The molecule has 37 heavy (non-hydrogen) atoms. The number of aryl methyl sites for hydroxylation is 1. The fraction of sp³-hybridized carbons (Fsp3) is 0.348. The number of nitrogens with two attached hydrogens (primary N) is 1. The molecular formula is C23H27BrF3N7O3. The van der Waals surface area contributed by atoms with Crippen molar-refractivity contribution in [2.45, 2.75) is 6.18 Å². The second-order valence-electron chi connectivity index (χ2n) is 7.89. The molecular weight excluding hydrogens is 559 g/mol. The van der Waals surface area contributed by atoms with Crippen LogP contribution in [0.1, 0.15) is 5.56 Å².